The van der Waals surface area contributed by atoms with E-state index in [1.165, 1.54) is 11.0 Å². The van der Waals surface area contributed by atoms with E-state index in [1.807, 2.05) is 44.2 Å². The standard InChI is InChI=1S/C22H24F3N3O2/c1-15(2)26-21(29)28(13-16-7-6-10-18(11-16)22(23,24)25)14-19-12-20(27-30-19)17-8-4-3-5-9-17/h3-11,15,19H,12-14H2,1-2H3,(H,26,29). The molecule has 3 rings (SSSR count). The van der Waals surface area contributed by atoms with Crippen molar-refractivity contribution in [3.05, 3.63) is 71.3 Å². The molecule has 1 unspecified atom stereocenters. The number of hydrogen-bond acceptors (Lipinski definition) is 3. The van der Waals surface area contributed by atoms with Crippen LogP contribution in [0, 0.1) is 0 Å². The maximum Gasteiger partial charge on any atom is 0.416 e. The van der Waals surface area contributed by atoms with Gasteiger partial charge in [-0.3, -0.25) is 0 Å². The minimum atomic E-state index is -4.44. The van der Waals surface area contributed by atoms with Crippen molar-refractivity contribution >= 4 is 11.7 Å². The molecule has 0 bridgehead atoms. The topological polar surface area (TPSA) is 53.9 Å². The van der Waals surface area contributed by atoms with E-state index in [4.69, 9.17) is 4.84 Å². The van der Waals surface area contributed by atoms with Crippen LogP contribution in [0.25, 0.3) is 0 Å². The normalized spacial score (nSPS) is 16.2. The molecule has 0 aromatic heterocycles. The average Bonchev–Trinajstić information content (AvgIpc) is 3.16. The van der Waals surface area contributed by atoms with Crippen LogP contribution in [-0.4, -0.2) is 35.3 Å². The molecular weight excluding hydrogens is 395 g/mol. The van der Waals surface area contributed by atoms with Crippen molar-refractivity contribution in [3.8, 4) is 0 Å². The summed E-state index contributed by atoms with van der Waals surface area (Å²) in [5, 5.41) is 6.92. The van der Waals surface area contributed by atoms with Gasteiger partial charge in [0.15, 0.2) is 6.10 Å². The van der Waals surface area contributed by atoms with Crippen molar-refractivity contribution in [2.24, 2.45) is 5.16 Å². The molecule has 0 radical (unpaired) electrons. The molecule has 2 aromatic rings. The quantitative estimate of drug-likeness (QED) is 0.730. The molecule has 30 heavy (non-hydrogen) atoms. The summed E-state index contributed by atoms with van der Waals surface area (Å²) in [6, 6.07) is 14.1. The number of carbonyl (C=O) groups is 1. The fraction of sp³-hybridized carbons (Fsp3) is 0.364. The number of nitrogens with one attached hydrogen (secondary N) is 1. The third-order valence-corrected chi connectivity index (χ3v) is 4.59. The Morgan fingerprint density at radius 3 is 2.60 bits per heavy atom. The lowest BCUT2D eigenvalue weighted by molar-refractivity contribution is -0.137. The molecule has 0 saturated heterocycles. The van der Waals surface area contributed by atoms with Crippen molar-refractivity contribution in [1.29, 1.82) is 0 Å². The van der Waals surface area contributed by atoms with E-state index < -0.39 is 11.7 Å². The van der Waals surface area contributed by atoms with E-state index in [0.717, 1.165) is 23.4 Å². The number of oxime groups is 1. The summed E-state index contributed by atoms with van der Waals surface area (Å²) in [4.78, 5) is 19.6. The largest absolute Gasteiger partial charge is 0.416 e. The van der Waals surface area contributed by atoms with Gasteiger partial charge in [0.25, 0.3) is 0 Å². The van der Waals surface area contributed by atoms with Crippen molar-refractivity contribution in [2.45, 2.75) is 45.1 Å². The van der Waals surface area contributed by atoms with E-state index >= 15 is 0 Å². The first-order chi connectivity index (χ1) is 14.2. The first-order valence-electron chi connectivity index (χ1n) is 9.72. The first-order valence-corrected chi connectivity index (χ1v) is 9.72. The highest BCUT2D eigenvalue weighted by Gasteiger charge is 2.31. The molecule has 0 spiro atoms. The SMILES string of the molecule is CC(C)NC(=O)N(Cc1cccc(C(F)(F)F)c1)CC1CC(c2ccccc2)=NO1. The second-order valence-corrected chi connectivity index (χ2v) is 7.52. The van der Waals surface area contributed by atoms with Crippen LogP contribution in [0.4, 0.5) is 18.0 Å². The highest BCUT2D eigenvalue weighted by atomic mass is 19.4. The third-order valence-electron chi connectivity index (χ3n) is 4.59. The smallest absolute Gasteiger partial charge is 0.390 e. The van der Waals surface area contributed by atoms with Crippen LogP contribution in [0.2, 0.25) is 0 Å². The van der Waals surface area contributed by atoms with Gasteiger partial charge in [0, 0.05) is 19.0 Å². The maximum absolute atomic E-state index is 13.0. The number of hydrogen-bond donors (Lipinski definition) is 1. The lowest BCUT2D eigenvalue weighted by atomic mass is 10.0. The van der Waals surface area contributed by atoms with Crippen LogP contribution < -0.4 is 5.32 Å². The Kier molecular flexibility index (Phi) is 6.64. The van der Waals surface area contributed by atoms with Crippen molar-refractivity contribution in [1.82, 2.24) is 10.2 Å². The first kappa shape index (κ1) is 21.7. The van der Waals surface area contributed by atoms with E-state index in [2.05, 4.69) is 10.5 Å². The van der Waals surface area contributed by atoms with E-state index in [9.17, 15) is 18.0 Å². The molecule has 0 fully saturated rings. The van der Waals surface area contributed by atoms with E-state index in [0.29, 0.717) is 12.0 Å². The second kappa shape index (κ2) is 9.19. The molecule has 5 nitrogen and oxygen atoms in total. The highest BCUT2D eigenvalue weighted by molar-refractivity contribution is 6.01. The molecule has 2 aromatic carbocycles. The number of urea groups is 1. The molecule has 1 aliphatic heterocycles. The summed E-state index contributed by atoms with van der Waals surface area (Å²) >= 11 is 0. The monoisotopic (exact) mass is 419 g/mol. The molecule has 0 aliphatic carbocycles. The number of halogens is 3. The zero-order valence-electron chi connectivity index (χ0n) is 16.8. The summed E-state index contributed by atoms with van der Waals surface area (Å²) in [7, 11) is 0. The van der Waals surface area contributed by atoms with Crippen LogP contribution in [0.1, 0.15) is 37.0 Å². The maximum atomic E-state index is 13.0. The van der Waals surface area contributed by atoms with E-state index in [1.54, 1.807) is 6.07 Å². The molecular formula is C22H24F3N3O2. The Morgan fingerprint density at radius 2 is 1.93 bits per heavy atom. The summed E-state index contributed by atoms with van der Waals surface area (Å²) in [6.45, 7) is 3.88. The van der Waals surface area contributed by atoms with Gasteiger partial charge in [-0.05, 0) is 37.1 Å². The number of nitrogens with zero attached hydrogens (tertiary/aromatic N) is 2. The summed E-state index contributed by atoms with van der Waals surface area (Å²) < 4.78 is 39.1. The van der Waals surface area contributed by atoms with Crippen LogP contribution in [0.15, 0.2) is 59.8 Å². The van der Waals surface area contributed by atoms with Crippen LogP contribution >= 0.6 is 0 Å². The van der Waals surface area contributed by atoms with Gasteiger partial charge in [-0.1, -0.05) is 47.6 Å². The Morgan fingerprint density at radius 1 is 1.20 bits per heavy atom. The molecule has 1 N–H and O–H groups in total. The average molecular weight is 419 g/mol. The second-order valence-electron chi connectivity index (χ2n) is 7.52. The Balaban J connectivity index is 1.72. The molecule has 2 amide bonds. The summed E-state index contributed by atoms with van der Waals surface area (Å²) in [6.07, 6.45) is -4.30. The third kappa shape index (κ3) is 5.75. The zero-order chi connectivity index (χ0) is 21.7. The predicted octanol–water partition coefficient (Wildman–Crippen LogP) is 4.82. The number of carbonyl (C=O) groups excluding carboxylic acids is 1. The predicted molar refractivity (Wildman–Crippen MR) is 108 cm³/mol. The number of amides is 2. The van der Waals surface area contributed by atoms with Gasteiger partial charge in [0.2, 0.25) is 0 Å². The Labute approximate surface area is 173 Å². The van der Waals surface area contributed by atoms with Gasteiger partial charge >= 0.3 is 12.2 Å². The minimum Gasteiger partial charge on any atom is -0.390 e. The lowest BCUT2D eigenvalue weighted by Crippen LogP contribution is -2.45. The molecule has 1 aliphatic rings. The fourth-order valence-electron chi connectivity index (χ4n) is 3.20. The molecule has 1 heterocycles. The Hall–Kier alpha value is -3.03. The Bertz CT molecular complexity index is 898. The summed E-state index contributed by atoms with van der Waals surface area (Å²) in [5.41, 5.74) is 1.38. The highest BCUT2D eigenvalue weighted by Crippen LogP contribution is 2.30. The van der Waals surface area contributed by atoms with Gasteiger partial charge in [-0.15, -0.1) is 0 Å². The minimum absolute atomic E-state index is 0.0308. The van der Waals surface area contributed by atoms with Crippen LogP contribution in [-0.2, 0) is 17.6 Å². The lowest BCUT2D eigenvalue weighted by Gasteiger charge is -2.26. The molecule has 8 heteroatoms. The molecule has 160 valence electrons. The van der Waals surface area contributed by atoms with Gasteiger partial charge in [0.05, 0.1) is 17.8 Å². The van der Waals surface area contributed by atoms with Crippen molar-refractivity contribution in [3.63, 3.8) is 0 Å². The van der Waals surface area contributed by atoms with Gasteiger partial charge < -0.3 is 15.1 Å². The fourth-order valence-corrected chi connectivity index (χ4v) is 3.20. The molecule has 0 saturated carbocycles. The van der Waals surface area contributed by atoms with Gasteiger partial charge in [-0.2, -0.15) is 13.2 Å². The zero-order valence-corrected chi connectivity index (χ0v) is 16.8. The molecule has 1 atom stereocenters. The van der Waals surface area contributed by atoms with Crippen molar-refractivity contribution < 1.29 is 22.8 Å². The number of rotatable bonds is 6. The number of alkyl halides is 3. The van der Waals surface area contributed by atoms with E-state index in [-0.39, 0.29) is 31.3 Å². The van der Waals surface area contributed by atoms with Crippen LogP contribution in [0.5, 0.6) is 0 Å². The van der Waals surface area contributed by atoms with Crippen LogP contribution in [0.3, 0.4) is 0 Å². The number of benzene rings is 2. The van der Waals surface area contributed by atoms with Crippen molar-refractivity contribution in [2.75, 3.05) is 6.54 Å². The summed E-state index contributed by atoms with van der Waals surface area (Å²) in [5.74, 6) is 0. The van der Waals surface area contributed by atoms with Gasteiger partial charge in [0.1, 0.15) is 0 Å². The van der Waals surface area contributed by atoms with Gasteiger partial charge in [-0.25, -0.2) is 4.79 Å².